The lowest BCUT2D eigenvalue weighted by atomic mass is 10.2. The lowest BCUT2D eigenvalue weighted by molar-refractivity contribution is 0.317. The van der Waals surface area contributed by atoms with E-state index in [9.17, 15) is 0 Å². The smallest absolute Gasteiger partial charge is 0.00218 e. The third kappa shape index (κ3) is 8.06. The fourth-order valence-electron chi connectivity index (χ4n) is 1.38. The molecule has 0 spiro atoms. The van der Waals surface area contributed by atoms with Crippen LogP contribution in [0, 0.1) is 0 Å². The van der Waals surface area contributed by atoms with Gasteiger partial charge in [-0.2, -0.15) is 0 Å². The number of hydrogen-bond donors (Lipinski definition) is 0. The van der Waals surface area contributed by atoms with Crippen molar-refractivity contribution >= 4 is 0 Å². The summed E-state index contributed by atoms with van der Waals surface area (Å²) in [7, 11) is 2.24. The molecule has 0 bridgehead atoms. The van der Waals surface area contributed by atoms with E-state index in [4.69, 9.17) is 0 Å². The third-order valence-electron chi connectivity index (χ3n) is 2.29. The second-order valence-corrected chi connectivity index (χ2v) is 3.72. The van der Waals surface area contributed by atoms with Crippen molar-refractivity contribution in [1.82, 2.24) is 4.90 Å². The van der Waals surface area contributed by atoms with Crippen LogP contribution in [-0.4, -0.2) is 25.0 Å². The summed E-state index contributed by atoms with van der Waals surface area (Å²) in [5.74, 6) is 0. The predicted molar refractivity (Wildman–Crippen MR) is 56.5 cm³/mol. The minimum Gasteiger partial charge on any atom is -0.306 e. The van der Waals surface area contributed by atoms with E-state index >= 15 is 0 Å². The van der Waals surface area contributed by atoms with Gasteiger partial charge in [-0.3, -0.25) is 0 Å². The summed E-state index contributed by atoms with van der Waals surface area (Å²) in [5.41, 5.74) is 0. The van der Waals surface area contributed by atoms with Crippen molar-refractivity contribution in [3.8, 4) is 0 Å². The molecule has 0 amide bonds. The fourth-order valence-corrected chi connectivity index (χ4v) is 1.38. The van der Waals surface area contributed by atoms with E-state index < -0.39 is 0 Å². The number of hydrogen-bond acceptors (Lipinski definition) is 1. The molecule has 12 heavy (non-hydrogen) atoms. The SMILES string of the molecule is CCCCCN(C)CCCCC. The summed E-state index contributed by atoms with van der Waals surface area (Å²) in [5, 5.41) is 0. The Bertz CT molecular complexity index is 71.1. The maximum atomic E-state index is 2.46. The minimum absolute atomic E-state index is 1.29. The topological polar surface area (TPSA) is 3.24 Å². The van der Waals surface area contributed by atoms with E-state index in [1.54, 1.807) is 0 Å². The van der Waals surface area contributed by atoms with Gasteiger partial charge in [-0.15, -0.1) is 0 Å². The Morgan fingerprint density at radius 2 is 1.17 bits per heavy atom. The van der Waals surface area contributed by atoms with Gasteiger partial charge in [0.2, 0.25) is 0 Å². The monoisotopic (exact) mass is 171 g/mol. The molecule has 0 fully saturated rings. The van der Waals surface area contributed by atoms with Crippen molar-refractivity contribution in [3.63, 3.8) is 0 Å². The molecular weight excluding hydrogens is 146 g/mol. The molecule has 0 saturated carbocycles. The maximum Gasteiger partial charge on any atom is -0.00218 e. The van der Waals surface area contributed by atoms with Crippen LogP contribution in [0.4, 0.5) is 0 Å². The van der Waals surface area contributed by atoms with E-state index in [0.717, 1.165) is 0 Å². The number of nitrogens with zero attached hydrogens (tertiary/aromatic N) is 1. The molecule has 0 radical (unpaired) electrons. The van der Waals surface area contributed by atoms with E-state index in [1.807, 2.05) is 0 Å². The molecule has 1 heteroatoms. The molecule has 0 saturated heterocycles. The molecule has 0 N–H and O–H groups in total. The first kappa shape index (κ1) is 12.0. The average molecular weight is 171 g/mol. The summed E-state index contributed by atoms with van der Waals surface area (Å²) in [6.07, 6.45) is 8.19. The predicted octanol–water partition coefficient (Wildman–Crippen LogP) is 3.30. The Morgan fingerprint density at radius 3 is 1.50 bits per heavy atom. The molecule has 1 nitrogen and oxygen atoms in total. The lowest BCUT2D eigenvalue weighted by Gasteiger charge is -2.15. The highest BCUT2D eigenvalue weighted by molar-refractivity contribution is 4.51. The molecule has 0 aromatic rings. The van der Waals surface area contributed by atoms with E-state index in [2.05, 4.69) is 25.8 Å². The Balaban J connectivity index is 3.04. The van der Waals surface area contributed by atoms with Crippen LogP contribution >= 0.6 is 0 Å². The van der Waals surface area contributed by atoms with Crippen LogP contribution in [0.2, 0.25) is 0 Å². The quantitative estimate of drug-likeness (QED) is 0.506. The van der Waals surface area contributed by atoms with Gasteiger partial charge in [-0.1, -0.05) is 39.5 Å². The third-order valence-corrected chi connectivity index (χ3v) is 2.29. The Morgan fingerprint density at radius 1 is 0.750 bits per heavy atom. The molecule has 74 valence electrons. The zero-order valence-electron chi connectivity index (χ0n) is 9.10. The summed E-state index contributed by atoms with van der Waals surface area (Å²) in [4.78, 5) is 2.46. The normalized spacial score (nSPS) is 11.0. The maximum absolute atomic E-state index is 2.46. The number of unbranched alkanes of at least 4 members (excludes halogenated alkanes) is 4. The van der Waals surface area contributed by atoms with Gasteiger partial charge in [0.25, 0.3) is 0 Å². The van der Waals surface area contributed by atoms with Gasteiger partial charge in [0.15, 0.2) is 0 Å². The van der Waals surface area contributed by atoms with Crippen molar-refractivity contribution < 1.29 is 0 Å². The van der Waals surface area contributed by atoms with Crippen LogP contribution in [0.1, 0.15) is 52.4 Å². The first-order chi connectivity index (χ1) is 5.81. The zero-order chi connectivity index (χ0) is 9.23. The minimum atomic E-state index is 1.29. The van der Waals surface area contributed by atoms with Crippen molar-refractivity contribution in [2.45, 2.75) is 52.4 Å². The van der Waals surface area contributed by atoms with Crippen molar-refractivity contribution in [1.29, 1.82) is 0 Å². The highest BCUT2D eigenvalue weighted by Gasteiger charge is 1.96. The molecule has 0 aromatic carbocycles. The van der Waals surface area contributed by atoms with Gasteiger partial charge < -0.3 is 4.90 Å². The molecule has 0 aliphatic heterocycles. The Kier molecular flexibility index (Phi) is 9.02. The van der Waals surface area contributed by atoms with Gasteiger partial charge in [0, 0.05) is 0 Å². The fraction of sp³-hybridized carbons (Fsp3) is 1.00. The van der Waals surface area contributed by atoms with Crippen LogP contribution in [0.5, 0.6) is 0 Å². The van der Waals surface area contributed by atoms with Crippen LogP contribution in [0.3, 0.4) is 0 Å². The molecule has 0 aliphatic rings. The van der Waals surface area contributed by atoms with E-state index in [1.165, 1.54) is 51.6 Å². The lowest BCUT2D eigenvalue weighted by Crippen LogP contribution is -2.20. The van der Waals surface area contributed by atoms with Crippen LogP contribution in [0.15, 0.2) is 0 Å². The largest absolute Gasteiger partial charge is 0.306 e. The summed E-state index contributed by atoms with van der Waals surface area (Å²) >= 11 is 0. The first-order valence-corrected chi connectivity index (χ1v) is 5.49. The van der Waals surface area contributed by atoms with Crippen LogP contribution < -0.4 is 0 Å². The molecular formula is C11H25N. The summed E-state index contributed by atoms with van der Waals surface area (Å²) in [6.45, 7) is 7.10. The van der Waals surface area contributed by atoms with Crippen molar-refractivity contribution in [3.05, 3.63) is 0 Å². The summed E-state index contributed by atoms with van der Waals surface area (Å²) < 4.78 is 0. The highest BCUT2D eigenvalue weighted by atomic mass is 15.1. The standard InChI is InChI=1S/C11H25N/c1-4-6-8-10-12(3)11-9-7-5-2/h4-11H2,1-3H3. The molecule has 0 aromatic heterocycles. The van der Waals surface area contributed by atoms with Crippen LogP contribution in [0.25, 0.3) is 0 Å². The van der Waals surface area contributed by atoms with Crippen LogP contribution in [-0.2, 0) is 0 Å². The molecule has 0 heterocycles. The Hall–Kier alpha value is -0.0400. The Labute approximate surface area is 78.1 Å². The van der Waals surface area contributed by atoms with Gasteiger partial charge in [0.05, 0.1) is 0 Å². The first-order valence-electron chi connectivity index (χ1n) is 5.49. The molecule has 0 atom stereocenters. The van der Waals surface area contributed by atoms with Gasteiger partial charge in [-0.05, 0) is 33.0 Å². The second kappa shape index (κ2) is 9.05. The van der Waals surface area contributed by atoms with Gasteiger partial charge >= 0.3 is 0 Å². The summed E-state index contributed by atoms with van der Waals surface area (Å²) in [6, 6.07) is 0. The highest BCUT2D eigenvalue weighted by Crippen LogP contribution is 1.99. The molecule has 0 unspecified atom stereocenters. The number of rotatable bonds is 8. The zero-order valence-corrected chi connectivity index (χ0v) is 9.10. The molecule has 0 aliphatic carbocycles. The average Bonchev–Trinajstić information content (AvgIpc) is 2.06. The second-order valence-electron chi connectivity index (χ2n) is 3.72. The van der Waals surface area contributed by atoms with Crippen molar-refractivity contribution in [2.75, 3.05) is 20.1 Å². The molecule has 0 rings (SSSR count). The van der Waals surface area contributed by atoms with E-state index in [-0.39, 0.29) is 0 Å². The van der Waals surface area contributed by atoms with Gasteiger partial charge in [0.1, 0.15) is 0 Å². The van der Waals surface area contributed by atoms with Gasteiger partial charge in [-0.25, -0.2) is 0 Å². The van der Waals surface area contributed by atoms with Crippen molar-refractivity contribution in [2.24, 2.45) is 0 Å². The van der Waals surface area contributed by atoms with E-state index in [0.29, 0.717) is 0 Å².